The quantitative estimate of drug-likeness (QED) is 0.763. The number of anilines is 1. The van der Waals surface area contributed by atoms with Crippen molar-refractivity contribution in [1.82, 2.24) is 0 Å². The highest BCUT2D eigenvalue weighted by Crippen LogP contribution is 2.30. The van der Waals surface area contributed by atoms with Gasteiger partial charge in [-0.3, -0.25) is 4.79 Å². The zero-order chi connectivity index (χ0) is 14.1. The summed E-state index contributed by atoms with van der Waals surface area (Å²) in [6.07, 6.45) is 0.892. The highest BCUT2D eigenvalue weighted by Gasteiger charge is 2.33. The number of para-hydroxylation sites is 1. The molecule has 1 aliphatic rings. The molecule has 20 heavy (non-hydrogen) atoms. The summed E-state index contributed by atoms with van der Waals surface area (Å²) in [6.45, 7) is 2.01. The first kappa shape index (κ1) is 13.4. The Hall–Kier alpha value is -1.61. The van der Waals surface area contributed by atoms with Crippen molar-refractivity contribution in [3.8, 4) is 0 Å². The maximum atomic E-state index is 12.9. The standard InChI is InChI=1S/C17H16BrNO/c1-12-6-5-7-13-10-15(11-18)19(17(20)16(12)13)14-8-3-2-4-9-14/h2-9,15H,10-11H2,1H3. The summed E-state index contributed by atoms with van der Waals surface area (Å²) >= 11 is 3.55. The highest BCUT2D eigenvalue weighted by molar-refractivity contribution is 9.09. The molecular weight excluding hydrogens is 314 g/mol. The van der Waals surface area contributed by atoms with Gasteiger partial charge in [-0.25, -0.2) is 0 Å². The van der Waals surface area contributed by atoms with E-state index in [0.717, 1.165) is 34.1 Å². The molecule has 0 N–H and O–H groups in total. The predicted molar refractivity (Wildman–Crippen MR) is 85.7 cm³/mol. The topological polar surface area (TPSA) is 20.3 Å². The van der Waals surface area contributed by atoms with Crippen molar-refractivity contribution in [2.45, 2.75) is 19.4 Å². The Labute approximate surface area is 127 Å². The number of halogens is 1. The van der Waals surface area contributed by atoms with Gasteiger partial charge in [-0.2, -0.15) is 0 Å². The first-order valence-electron chi connectivity index (χ1n) is 6.75. The molecule has 0 bridgehead atoms. The second-order valence-electron chi connectivity index (χ2n) is 5.13. The second kappa shape index (κ2) is 5.41. The Morgan fingerprint density at radius 1 is 1.15 bits per heavy atom. The molecule has 0 saturated carbocycles. The SMILES string of the molecule is Cc1cccc2c1C(=O)N(c1ccccc1)C(CBr)C2. The molecule has 0 fully saturated rings. The van der Waals surface area contributed by atoms with Gasteiger partial charge in [0.15, 0.2) is 0 Å². The van der Waals surface area contributed by atoms with Crippen molar-refractivity contribution >= 4 is 27.5 Å². The number of hydrogen-bond acceptors (Lipinski definition) is 1. The lowest BCUT2D eigenvalue weighted by Crippen LogP contribution is -2.47. The Balaban J connectivity index is 2.11. The lowest BCUT2D eigenvalue weighted by atomic mass is 9.90. The van der Waals surface area contributed by atoms with Gasteiger partial charge in [-0.15, -0.1) is 0 Å². The third kappa shape index (κ3) is 2.16. The lowest BCUT2D eigenvalue weighted by molar-refractivity contribution is 0.0970. The molecule has 0 aliphatic carbocycles. The lowest BCUT2D eigenvalue weighted by Gasteiger charge is -2.36. The van der Waals surface area contributed by atoms with E-state index in [0.29, 0.717) is 0 Å². The molecule has 2 aromatic carbocycles. The number of hydrogen-bond donors (Lipinski definition) is 0. The third-order valence-corrected chi connectivity index (χ3v) is 4.57. The average Bonchev–Trinajstić information content (AvgIpc) is 2.47. The van der Waals surface area contributed by atoms with Crippen molar-refractivity contribution < 1.29 is 4.79 Å². The molecule has 1 unspecified atom stereocenters. The van der Waals surface area contributed by atoms with E-state index in [2.05, 4.69) is 22.0 Å². The van der Waals surface area contributed by atoms with Gasteiger partial charge >= 0.3 is 0 Å². The number of benzene rings is 2. The number of alkyl halides is 1. The van der Waals surface area contributed by atoms with Crippen LogP contribution in [0.1, 0.15) is 21.5 Å². The minimum atomic E-state index is 0.111. The van der Waals surface area contributed by atoms with Crippen LogP contribution in [0.5, 0.6) is 0 Å². The van der Waals surface area contributed by atoms with Gasteiger partial charge in [0.1, 0.15) is 0 Å². The Morgan fingerprint density at radius 3 is 2.60 bits per heavy atom. The largest absolute Gasteiger partial charge is 0.304 e. The van der Waals surface area contributed by atoms with E-state index in [1.165, 1.54) is 0 Å². The monoisotopic (exact) mass is 329 g/mol. The van der Waals surface area contributed by atoms with E-state index in [4.69, 9.17) is 0 Å². The molecule has 102 valence electrons. The van der Waals surface area contributed by atoms with Crippen LogP contribution in [0.25, 0.3) is 0 Å². The van der Waals surface area contributed by atoms with Crippen LogP contribution in [0.4, 0.5) is 5.69 Å². The van der Waals surface area contributed by atoms with Crippen molar-refractivity contribution in [1.29, 1.82) is 0 Å². The summed E-state index contributed by atoms with van der Waals surface area (Å²) in [5, 5.41) is 0.779. The second-order valence-corrected chi connectivity index (χ2v) is 5.78. The molecule has 2 aromatic rings. The molecule has 2 nitrogen and oxygen atoms in total. The summed E-state index contributed by atoms with van der Waals surface area (Å²) in [6, 6.07) is 16.2. The van der Waals surface area contributed by atoms with Gasteiger partial charge in [0.2, 0.25) is 0 Å². The maximum Gasteiger partial charge on any atom is 0.259 e. The van der Waals surface area contributed by atoms with Crippen molar-refractivity contribution in [2.75, 3.05) is 10.2 Å². The van der Waals surface area contributed by atoms with Crippen LogP contribution in [-0.4, -0.2) is 17.3 Å². The summed E-state index contributed by atoms with van der Waals surface area (Å²) in [5.74, 6) is 0.111. The van der Waals surface area contributed by atoms with E-state index in [9.17, 15) is 4.79 Å². The van der Waals surface area contributed by atoms with Crippen molar-refractivity contribution in [3.05, 3.63) is 65.2 Å². The third-order valence-electron chi connectivity index (χ3n) is 3.82. The smallest absolute Gasteiger partial charge is 0.259 e. The maximum absolute atomic E-state index is 12.9. The van der Waals surface area contributed by atoms with E-state index in [1.54, 1.807) is 0 Å². The molecule has 0 radical (unpaired) electrons. The Kier molecular flexibility index (Phi) is 3.62. The van der Waals surface area contributed by atoms with Crippen LogP contribution in [0.2, 0.25) is 0 Å². The van der Waals surface area contributed by atoms with Crippen LogP contribution in [-0.2, 0) is 6.42 Å². The fourth-order valence-electron chi connectivity index (χ4n) is 2.88. The van der Waals surface area contributed by atoms with E-state index >= 15 is 0 Å². The highest BCUT2D eigenvalue weighted by atomic mass is 79.9. The van der Waals surface area contributed by atoms with Gasteiger partial charge in [0.25, 0.3) is 5.91 Å². The van der Waals surface area contributed by atoms with Crippen molar-refractivity contribution in [2.24, 2.45) is 0 Å². The van der Waals surface area contributed by atoms with Crippen LogP contribution in [0.15, 0.2) is 48.5 Å². The fourth-order valence-corrected chi connectivity index (χ4v) is 3.39. The minimum absolute atomic E-state index is 0.111. The first-order valence-corrected chi connectivity index (χ1v) is 7.87. The Morgan fingerprint density at radius 2 is 1.90 bits per heavy atom. The molecule has 1 heterocycles. The number of carbonyl (C=O) groups excluding carboxylic acids is 1. The normalized spacial score (nSPS) is 18.0. The minimum Gasteiger partial charge on any atom is -0.304 e. The van der Waals surface area contributed by atoms with E-state index < -0.39 is 0 Å². The van der Waals surface area contributed by atoms with Gasteiger partial charge in [-0.1, -0.05) is 52.3 Å². The fraction of sp³-hybridized carbons (Fsp3) is 0.235. The zero-order valence-electron chi connectivity index (χ0n) is 11.3. The molecule has 0 saturated heterocycles. The molecular formula is C17H16BrNO. The predicted octanol–water partition coefficient (Wildman–Crippen LogP) is 3.96. The van der Waals surface area contributed by atoms with Gasteiger partial charge in [0.05, 0.1) is 6.04 Å². The molecule has 3 rings (SSSR count). The summed E-state index contributed by atoms with van der Waals surface area (Å²) < 4.78 is 0. The number of nitrogens with zero attached hydrogens (tertiary/aromatic N) is 1. The van der Waals surface area contributed by atoms with Crippen LogP contribution < -0.4 is 4.90 Å². The van der Waals surface area contributed by atoms with Crippen molar-refractivity contribution in [3.63, 3.8) is 0 Å². The average molecular weight is 330 g/mol. The van der Waals surface area contributed by atoms with Crippen LogP contribution in [0, 0.1) is 6.92 Å². The van der Waals surface area contributed by atoms with Crippen LogP contribution in [0.3, 0.4) is 0 Å². The van der Waals surface area contributed by atoms with Gasteiger partial charge < -0.3 is 4.90 Å². The van der Waals surface area contributed by atoms with Gasteiger partial charge in [-0.05, 0) is 36.6 Å². The number of fused-ring (bicyclic) bond motifs is 1. The van der Waals surface area contributed by atoms with E-state index in [-0.39, 0.29) is 11.9 Å². The summed E-state index contributed by atoms with van der Waals surface area (Å²) in [7, 11) is 0. The molecule has 0 spiro atoms. The number of carbonyl (C=O) groups is 1. The first-order chi connectivity index (χ1) is 9.72. The zero-order valence-corrected chi connectivity index (χ0v) is 12.9. The summed E-state index contributed by atoms with van der Waals surface area (Å²) in [5.41, 5.74) is 4.05. The summed E-state index contributed by atoms with van der Waals surface area (Å²) in [4.78, 5) is 14.8. The van der Waals surface area contributed by atoms with Crippen LogP contribution >= 0.6 is 15.9 Å². The number of amides is 1. The van der Waals surface area contributed by atoms with E-state index in [1.807, 2.05) is 54.3 Å². The number of rotatable bonds is 2. The molecule has 1 amide bonds. The van der Waals surface area contributed by atoms with Gasteiger partial charge in [0, 0.05) is 16.6 Å². The Bertz CT molecular complexity index is 639. The number of aryl methyl sites for hydroxylation is 1. The molecule has 0 aromatic heterocycles. The molecule has 1 atom stereocenters. The molecule has 3 heteroatoms. The molecule has 1 aliphatic heterocycles.